The van der Waals surface area contributed by atoms with Crippen molar-refractivity contribution in [3.8, 4) is 0 Å². The van der Waals surface area contributed by atoms with E-state index in [2.05, 4.69) is 58.6 Å². The second kappa shape index (κ2) is 8.74. The Morgan fingerprint density at radius 1 is 1.32 bits per heavy atom. The average Bonchev–Trinajstić information content (AvgIpc) is 3.46. The number of carbonyl (C=O) groups excluding carboxylic acids is 1. The largest absolute Gasteiger partial charge is 0.365 e. The number of aliphatic imine (C=N–C) groups is 1. The quantitative estimate of drug-likeness (QED) is 0.643. The lowest BCUT2D eigenvalue weighted by molar-refractivity contribution is -0.118. The number of aryl methyl sites for hydroxylation is 1. The summed E-state index contributed by atoms with van der Waals surface area (Å²) in [6.45, 7) is 4.63. The molecule has 1 amide bonds. The third kappa shape index (κ3) is 4.20. The number of nitrogens with zero attached hydrogens (tertiary/aromatic N) is 3. The van der Waals surface area contributed by atoms with Crippen molar-refractivity contribution in [3.63, 3.8) is 0 Å². The van der Waals surface area contributed by atoms with E-state index in [4.69, 9.17) is 0 Å². The lowest BCUT2D eigenvalue weighted by Gasteiger charge is -2.24. The molecule has 0 saturated carbocycles. The van der Waals surface area contributed by atoms with E-state index in [1.165, 1.54) is 16.1 Å². The number of amides is 1. The maximum absolute atomic E-state index is 12.9. The minimum Gasteiger partial charge on any atom is -0.365 e. The Kier molecular flexibility index (Phi) is 5.91. The predicted octanol–water partition coefficient (Wildman–Crippen LogP) is 4.84. The average molecular weight is 394 g/mol. The first kappa shape index (κ1) is 18.9. The van der Waals surface area contributed by atoms with Gasteiger partial charge in [-0.3, -0.25) is 9.79 Å². The highest BCUT2D eigenvalue weighted by Gasteiger charge is 2.23. The number of anilines is 2. The van der Waals surface area contributed by atoms with Crippen LogP contribution in [0.3, 0.4) is 0 Å². The van der Waals surface area contributed by atoms with Crippen LogP contribution < -0.4 is 9.80 Å². The summed E-state index contributed by atoms with van der Waals surface area (Å²) in [5.41, 5.74) is 4.78. The van der Waals surface area contributed by atoms with Gasteiger partial charge in [0.05, 0.1) is 12.2 Å². The summed E-state index contributed by atoms with van der Waals surface area (Å²) in [6.07, 6.45) is 8.64. The van der Waals surface area contributed by atoms with Crippen molar-refractivity contribution in [2.75, 3.05) is 29.4 Å². The molecule has 0 atom stereocenters. The van der Waals surface area contributed by atoms with Gasteiger partial charge >= 0.3 is 0 Å². The fraction of sp³-hybridized carbons (Fsp3) is 0.391. The van der Waals surface area contributed by atoms with Gasteiger partial charge < -0.3 is 9.80 Å². The van der Waals surface area contributed by atoms with Crippen molar-refractivity contribution in [2.45, 2.75) is 39.0 Å². The highest BCUT2D eigenvalue weighted by Crippen LogP contribution is 2.33. The van der Waals surface area contributed by atoms with Crippen LogP contribution in [0.1, 0.15) is 36.6 Å². The summed E-state index contributed by atoms with van der Waals surface area (Å²) >= 11 is 1.77. The lowest BCUT2D eigenvalue weighted by Crippen LogP contribution is -2.30. The number of carbonyl (C=O) groups is 1. The van der Waals surface area contributed by atoms with Crippen molar-refractivity contribution in [3.05, 3.63) is 57.9 Å². The predicted molar refractivity (Wildman–Crippen MR) is 119 cm³/mol. The molecule has 28 heavy (non-hydrogen) atoms. The van der Waals surface area contributed by atoms with Crippen molar-refractivity contribution < 1.29 is 4.79 Å². The number of allylic oxidation sites excluding steroid dienone is 1. The van der Waals surface area contributed by atoms with Gasteiger partial charge in [-0.2, -0.15) is 0 Å². The Balaban J connectivity index is 1.43. The van der Waals surface area contributed by atoms with E-state index in [0.29, 0.717) is 13.0 Å². The first-order valence-electron chi connectivity index (χ1n) is 10.2. The summed E-state index contributed by atoms with van der Waals surface area (Å²) in [4.78, 5) is 23.0. The van der Waals surface area contributed by atoms with E-state index in [1.807, 2.05) is 11.1 Å². The van der Waals surface area contributed by atoms with Crippen LogP contribution in [0.5, 0.6) is 0 Å². The topological polar surface area (TPSA) is 35.9 Å². The molecule has 3 heterocycles. The molecule has 0 bridgehead atoms. The lowest BCUT2D eigenvalue weighted by atomic mass is 10.1. The van der Waals surface area contributed by atoms with Gasteiger partial charge in [0.2, 0.25) is 5.91 Å². The van der Waals surface area contributed by atoms with Crippen LogP contribution in [-0.4, -0.2) is 31.8 Å². The molecule has 2 aliphatic heterocycles. The summed E-state index contributed by atoms with van der Waals surface area (Å²) in [5, 5.41) is 2.10. The zero-order valence-electron chi connectivity index (χ0n) is 16.4. The molecular weight excluding hydrogens is 366 g/mol. The van der Waals surface area contributed by atoms with E-state index < -0.39 is 0 Å². The summed E-state index contributed by atoms with van der Waals surface area (Å²) in [5.74, 6) is 0.214. The Hall–Kier alpha value is -2.40. The van der Waals surface area contributed by atoms with Crippen LogP contribution in [-0.2, 0) is 17.6 Å². The van der Waals surface area contributed by atoms with E-state index in [0.717, 1.165) is 50.2 Å². The Morgan fingerprint density at radius 2 is 2.25 bits per heavy atom. The van der Waals surface area contributed by atoms with Crippen LogP contribution >= 0.6 is 11.3 Å². The molecule has 5 heteroatoms. The van der Waals surface area contributed by atoms with Crippen molar-refractivity contribution in [1.82, 2.24) is 0 Å². The fourth-order valence-electron chi connectivity index (χ4n) is 3.98. The number of benzene rings is 1. The smallest absolute Gasteiger partial charge is 0.226 e. The maximum atomic E-state index is 12.9. The zero-order valence-corrected chi connectivity index (χ0v) is 17.3. The fourth-order valence-corrected chi connectivity index (χ4v) is 4.74. The molecule has 0 spiro atoms. The summed E-state index contributed by atoms with van der Waals surface area (Å²) in [6, 6.07) is 10.7. The monoisotopic (exact) mass is 393 g/mol. The van der Waals surface area contributed by atoms with Crippen LogP contribution in [0.2, 0.25) is 0 Å². The van der Waals surface area contributed by atoms with Crippen molar-refractivity contribution in [1.29, 1.82) is 0 Å². The highest BCUT2D eigenvalue weighted by atomic mass is 32.1. The third-order valence-electron chi connectivity index (χ3n) is 5.45. The molecule has 1 aromatic heterocycles. The number of hydrogen-bond acceptors (Lipinski definition) is 4. The number of thiophene rings is 1. The normalized spacial score (nSPS) is 15.0. The molecule has 0 aliphatic carbocycles. The van der Waals surface area contributed by atoms with E-state index in [-0.39, 0.29) is 5.91 Å². The molecule has 2 aromatic rings. The molecule has 0 saturated heterocycles. The minimum atomic E-state index is 0.214. The van der Waals surface area contributed by atoms with Gasteiger partial charge in [0.15, 0.2) is 0 Å². The van der Waals surface area contributed by atoms with Crippen molar-refractivity contribution in [2.24, 2.45) is 4.99 Å². The molecule has 0 unspecified atom stereocenters. The SMILES string of the molecule is CCN(C(=O)CCCc1cccs1)c1ccc2c(c1)N(CC1=CCC=N1)CC2. The van der Waals surface area contributed by atoms with Crippen LogP contribution in [0.4, 0.5) is 11.4 Å². The second-order valence-corrected chi connectivity index (χ2v) is 8.33. The minimum absolute atomic E-state index is 0.214. The van der Waals surface area contributed by atoms with E-state index in [9.17, 15) is 4.79 Å². The Bertz CT molecular complexity index is 885. The zero-order chi connectivity index (χ0) is 19.3. The number of hydrogen-bond donors (Lipinski definition) is 0. The van der Waals surface area contributed by atoms with E-state index in [1.54, 1.807) is 11.3 Å². The first-order chi connectivity index (χ1) is 13.7. The third-order valence-corrected chi connectivity index (χ3v) is 6.39. The second-order valence-electron chi connectivity index (χ2n) is 7.30. The van der Waals surface area contributed by atoms with Gasteiger partial charge in [0, 0.05) is 48.4 Å². The molecule has 4 nitrogen and oxygen atoms in total. The van der Waals surface area contributed by atoms with Gasteiger partial charge in [-0.25, -0.2) is 0 Å². The molecule has 4 rings (SSSR count). The van der Waals surface area contributed by atoms with Crippen LogP contribution in [0.25, 0.3) is 0 Å². The standard InChI is InChI=1S/C23H27N3OS/c1-2-26(23(27)9-3-7-21-8-5-15-28-21)20-11-10-18-12-14-25(22(18)16-20)17-19-6-4-13-24-19/h5-6,8,10-11,13,15-16H,2-4,7,9,12,14,17H2,1H3. The molecule has 146 valence electrons. The Morgan fingerprint density at radius 3 is 3.00 bits per heavy atom. The van der Waals surface area contributed by atoms with Crippen LogP contribution in [0.15, 0.2) is 52.5 Å². The molecule has 1 aromatic carbocycles. The summed E-state index contributed by atoms with van der Waals surface area (Å²) in [7, 11) is 0. The van der Waals surface area contributed by atoms with Gasteiger partial charge in [0.25, 0.3) is 0 Å². The van der Waals surface area contributed by atoms with E-state index >= 15 is 0 Å². The maximum Gasteiger partial charge on any atom is 0.226 e. The molecule has 0 fully saturated rings. The summed E-state index contributed by atoms with van der Waals surface area (Å²) < 4.78 is 0. The molecule has 0 radical (unpaired) electrons. The molecule has 2 aliphatic rings. The highest BCUT2D eigenvalue weighted by molar-refractivity contribution is 7.09. The molecule has 0 N–H and O–H groups in total. The van der Waals surface area contributed by atoms with Crippen LogP contribution in [0, 0.1) is 0 Å². The van der Waals surface area contributed by atoms with Gasteiger partial charge in [-0.05, 0) is 55.3 Å². The first-order valence-corrected chi connectivity index (χ1v) is 11.0. The van der Waals surface area contributed by atoms with Gasteiger partial charge in [-0.15, -0.1) is 11.3 Å². The van der Waals surface area contributed by atoms with Crippen molar-refractivity contribution >= 4 is 34.8 Å². The number of rotatable bonds is 8. The van der Waals surface area contributed by atoms with Gasteiger partial charge in [-0.1, -0.05) is 18.2 Å². The van der Waals surface area contributed by atoms with Gasteiger partial charge in [0.1, 0.15) is 0 Å². The molecular formula is C23H27N3OS. The number of fused-ring (bicyclic) bond motifs is 1. The Labute approximate surface area is 171 Å².